The normalized spacial score (nSPS) is 14.3. The molecule has 0 aliphatic carbocycles. The summed E-state index contributed by atoms with van der Waals surface area (Å²) in [6.45, 7) is 3.72. The van der Waals surface area contributed by atoms with Crippen LogP contribution in [0.5, 0.6) is 0 Å². The molecular formula is C18H19NO2S. The van der Waals surface area contributed by atoms with Crippen LogP contribution in [0.15, 0.2) is 47.8 Å². The van der Waals surface area contributed by atoms with E-state index < -0.39 is 11.5 Å². The first-order chi connectivity index (χ1) is 10.5. The van der Waals surface area contributed by atoms with Crippen LogP contribution in [0.2, 0.25) is 0 Å². The molecular weight excluding hydrogens is 294 g/mol. The summed E-state index contributed by atoms with van der Waals surface area (Å²) in [5, 5.41) is 1.96. The number of carbonyl (C=O) groups excluding carboxylic acids is 1. The number of ether oxygens (including phenoxy) is 1. The van der Waals surface area contributed by atoms with E-state index in [9.17, 15) is 4.79 Å². The average molecular weight is 313 g/mol. The Morgan fingerprint density at radius 1 is 1.32 bits per heavy atom. The van der Waals surface area contributed by atoms with Crippen molar-refractivity contribution in [3.63, 3.8) is 0 Å². The summed E-state index contributed by atoms with van der Waals surface area (Å²) in [6.07, 6.45) is 0. The van der Waals surface area contributed by atoms with Crippen LogP contribution in [0.3, 0.4) is 0 Å². The van der Waals surface area contributed by atoms with Crippen LogP contribution in [0.1, 0.15) is 24.3 Å². The molecule has 1 heterocycles. The Bertz CT molecular complexity index is 666. The van der Waals surface area contributed by atoms with Crippen molar-refractivity contribution in [1.29, 1.82) is 0 Å². The smallest absolute Gasteiger partial charge is 0.327 e. The highest BCUT2D eigenvalue weighted by Crippen LogP contribution is 2.17. The molecule has 22 heavy (non-hydrogen) atoms. The van der Waals surface area contributed by atoms with Gasteiger partial charge >= 0.3 is 5.97 Å². The molecule has 1 aromatic heterocycles. The molecule has 114 valence electrons. The van der Waals surface area contributed by atoms with Gasteiger partial charge in [-0.25, -0.2) is 0 Å². The van der Waals surface area contributed by atoms with Gasteiger partial charge in [0.25, 0.3) is 0 Å². The quantitative estimate of drug-likeness (QED) is 0.696. The molecule has 0 saturated carbocycles. The Morgan fingerprint density at radius 2 is 2.05 bits per heavy atom. The van der Waals surface area contributed by atoms with Crippen LogP contribution in [-0.4, -0.2) is 11.5 Å². The van der Waals surface area contributed by atoms with E-state index in [0.717, 1.165) is 10.4 Å². The molecule has 2 aromatic rings. The molecule has 2 atom stereocenters. The van der Waals surface area contributed by atoms with Gasteiger partial charge in [-0.1, -0.05) is 48.2 Å². The third kappa shape index (κ3) is 4.20. The number of rotatable bonds is 4. The van der Waals surface area contributed by atoms with E-state index in [0.29, 0.717) is 0 Å². The number of hydrogen-bond donors (Lipinski definition) is 1. The van der Waals surface area contributed by atoms with Gasteiger partial charge in [-0.2, -0.15) is 0 Å². The lowest BCUT2D eigenvalue weighted by molar-refractivity contribution is -0.152. The predicted molar refractivity (Wildman–Crippen MR) is 89.2 cm³/mol. The summed E-state index contributed by atoms with van der Waals surface area (Å²) in [4.78, 5) is 13.2. The minimum absolute atomic E-state index is 0.220. The van der Waals surface area contributed by atoms with Crippen molar-refractivity contribution in [1.82, 2.24) is 0 Å². The Labute approximate surface area is 135 Å². The Kier molecular flexibility index (Phi) is 5.37. The number of carbonyl (C=O) groups is 1. The van der Waals surface area contributed by atoms with Crippen molar-refractivity contribution in [3.05, 3.63) is 58.3 Å². The second kappa shape index (κ2) is 7.26. The first-order valence-corrected chi connectivity index (χ1v) is 7.93. The predicted octanol–water partition coefficient (Wildman–Crippen LogP) is 3.20. The lowest BCUT2D eigenvalue weighted by atomic mass is 9.88. The van der Waals surface area contributed by atoms with Gasteiger partial charge in [-0.05, 0) is 30.9 Å². The van der Waals surface area contributed by atoms with Crippen molar-refractivity contribution in [3.8, 4) is 11.8 Å². The molecule has 3 nitrogen and oxygen atoms in total. The molecule has 0 amide bonds. The molecule has 0 saturated heterocycles. The molecule has 0 spiro atoms. The van der Waals surface area contributed by atoms with Gasteiger partial charge in [-0.3, -0.25) is 4.79 Å². The Morgan fingerprint density at radius 3 is 2.68 bits per heavy atom. The van der Waals surface area contributed by atoms with E-state index in [1.807, 2.05) is 54.8 Å². The van der Waals surface area contributed by atoms with Gasteiger partial charge in [0, 0.05) is 5.92 Å². The van der Waals surface area contributed by atoms with Gasteiger partial charge in [0.2, 0.25) is 0 Å². The van der Waals surface area contributed by atoms with Crippen LogP contribution in [0.4, 0.5) is 0 Å². The fraction of sp³-hybridized carbons (Fsp3) is 0.278. The summed E-state index contributed by atoms with van der Waals surface area (Å²) < 4.78 is 5.32. The van der Waals surface area contributed by atoms with Crippen molar-refractivity contribution < 1.29 is 9.53 Å². The molecule has 0 bridgehead atoms. The number of esters is 1. The standard InChI is InChI=1S/C18H19NO2S/c1-14(10-11-16-9-6-12-22-16)18(2,19)17(20)21-13-15-7-4-3-5-8-15/h3-9,12,14H,13,19H2,1-2H3/t14-,18+/m1/s1. The largest absolute Gasteiger partial charge is 0.459 e. The van der Waals surface area contributed by atoms with Gasteiger partial charge in [0.15, 0.2) is 0 Å². The fourth-order valence-corrected chi connectivity index (χ4v) is 2.31. The summed E-state index contributed by atoms with van der Waals surface area (Å²) in [6, 6.07) is 13.4. The average Bonchev–Trinajstić information content (AvgIpc) is 3.04. The molecule has 0 aliphatic rings. The van der Waals surface area contributed by atoms with Crippen molar-refractivity contribution >= 4 is 17.3 Å². The number of hydrogen-bond acceptors (Lipinski definition) is 4. The van der Waals surface area contributed by atoms with Crippen molar-refractivity contribution in [2.75, 3.05) is 0 Å². The van der Waals surface area contributed by atoms with E-state index in [-0.39, 0.29) is 12.5 Å². The van der Waals surface area contributed by atoms with Crippen molar-refractivity contribution in [2.45, 2.75) is 26.0 Å². The molecule has 1 aromatic carbocycles. The van der Waals surface area contributed by atoms with Crippen LogP contribution in [-0.2, 0) is 16.1 Å². The van der Waals surface area contributed by atoms with Gasteiger partial charge < -0.3 is 10.5 Å². The Balaban J connectivity index is 1.97. The number of thiophene rings is 1. The van der Waals surface area contributed by atoms with Gasteiger partial charge in [0.1, 0.15) is 12.1 Å². The lowest BCUT2D eigenvalue weighted by Gasteiger charge is -2.25. The minimum atomic E-state index is -1.14. The van der Waals surface area contributed by atoms with E-state index in [4.69, 9.17) is 10.5 Å². The van der Waals surface area contributed by atoms with E-state index >= 15 is 0 Å². The maximum absolute atomic E-state index is 12.2. The maximum atomic E-state index is 12.2. The van der Waals surface area contributed by atoms with Crippen LogP contribution >= 0.6 is 11.3 Å². The van der Waals surface area contributed by atoms with Crippen LogP contribution in [0.25, 0.3) is 0 Å². The highest BCUT2D eigenvalue weighted by Gasteiger charge is 2.35. The second-order valence-corrected chi connectivity index (χ2v) is 6.26. The minimum Gasteiger partial charge on any atom is -0.459 e. The molecule has 0 aliphatic heterocycles. The lowest BCUT2D eigenvalue weighted by Crippen LogP contribution is -2.51. The molecule has 4 heteroatoms. The molecule has 0 fully saturated rings. The first-order valence-electron chi connectivity index (χ1n) is 7.05. The van der Waals surface area contributed by atoms with Gasteiger partial charge in [-0.15, -0.1) is 11.3 Å². The van der Waals surface area contributed by atoms with Crippen LogP contribution in [0, 0.1) is 17.8 Å². The third-order valence-electron chi connectivity index (χ3n) is 3.49. The zero-order valence-corrected chi connectivity index (χ0v) is 13.5. The molecule has 2 N–H and O–H groups in total. The topological polar surface area (TPSA) is 52.3 Å². The van der Waals surface area contributed by atoms with Crippen molar-refractivity contribution in [2.24, 2.45) is 11.7 Å². The highest BCUT2D eigenvalue weighted by atomic mass is 32.1. The third-order valence-corrected chi connectivity index (χ3v) is 4.27. The summed E-state index contributed by atoms with van der Waals surface area (Å²) in [5.74, 6) is 5.33. The summed E-state index contributed by atoms with van der Waals surface area (Å²) >= 11 is 1.56. The van der Waals surface area contributed by atoms with E-state index in [2.05, 4.69) is 11.8 Å². The molecule has 0 radical (unpaired) electrons. The zero-order valence-electron chi connectivity index (χ0n) is 12.7. The summed E-state index contributed by atoms with van der Waals surface area (Å²) in [7, 11) is 0. The molecule has 2 rings (SSSR count). The number of nitrogens with two attached hydrogens (primary N) is 1. The summed E-state index contributed by atoms with van der Waals surface area (Å²) in [5.41, 5.74) is 5.93. The van der Waals surface area contributed by atoms with Gasteiger partial charge in [0.05, 0.1) is 4.88 Å². The number of benzene rings is 1. The van der Waals surface area contributed by atoms with Crippen LogP contribution < -0.4 is 5.73 Å². The first kappa shape index (κ1) is 16.3. The zero-order chi connectivity index (χ0) is 16.0. The highest BCUT2D eigenvalue weighted by molar-refractivity contribution is 7.10. The second-order valence-electron chi connectivity index (χ2n) is 5.31. The maximum Gasteiger partial charge on any atom is 0.327 e. The SMILES string of the molecule is C[C@H](C#Cc1cccs1)[C@](C)(N)C(=O)OCc1ccccc1. The van der Waals surface area contributed by atoms with E-state index in [1.165, 1.54) is 0 Å². The Hall–Kier alpha value is -2.09. The monoisotopic (exact) mass is 313 g/mol. The van der Waals surface area contributed by atoms with E-state index in [1.54, 1.807) is 18.3 Å². The fourth-order valence-electron chi connectivity index (χ4n) is 1.73. The molecule has 0 unspecified atom stereocenters.